The molecule has 0 radical (unpaired) electrons. The number of amides is 1. The first kappa shape index (κ1) is 11.9. The van der Waals surface area contributed by atoms with Crippen molar-refractivity contribution in [1.82, 2.24) is 4.90 Å². The lowest BCUT2D eigenvalue weighted by molar-refractivity contribution is -0.130. The number of carbonyl (C=O) groups is 1. The maximum absolute atomic E-state index is 11.9. The highest BCUT2D eigenvalue weighted by atomic mass is 16.3. The second kappa shape index (κ2) is 5.68. The smallest absolute Gasteiger partial charge is 0.247 e. The molecule has 0 bridgehead atoms. The topological polar surface area (TPSA) is 53.7 Å². The van der Waals surface area contributed by atoms with Crippen molar-refractivity contribution < 1.29 is 14.3 Å². The van der Waals surface area contributed by atoms with Gasteiger partial charge in [-0.15, -0.1) is 0 Å². The second-order valence-electron chi connectivity index (χ2n) is 4.19. The largest absolute Gasteiger partial charge is 0.465 e. The summed E-state index contributed by atoms with van der Waals surface area (Å²) in [6.45, 7) is 0.419. The average molecular weight is 235 g/mol. The molecule has 0 atom stereocenters. The molecule has 17 heavy (non-hydrogen) atoms. The Balaban J connectivity index is 1.96. The molecule has 1 amide bonds. The highest BCUT2D eigenvalue weighted by molar-refractivity contribution is 5.91. The van der Waals surface area contributed by atoms with Gasteiger partial charge in [-0.1, -0.05) is 0 Å². The van der Waals surface area contributed by atoms with E-state index in [-0.39, 0.29) is 12.5 Å². The number of hydrogen-bond donors (Lipinski definition) is 1. The van der Waals surface area contributed by atoms with Crippen LogP contribution in [0.15, 0.2) is 28.9 Å². The molecule has 1 saturated carbocycles. The van der Waals surface area contributed by atoms with Gasteiger partial charge < -0.3 is 14.4 Å². The fourth-order valence-electron chi connectivity index (χ4n) is 1.91. The van der Waals surface area contributed by atoms with E-state index >= 15 is 0 Å². The summed E-state index contributed by atoms with van der Waals surface area (Å²) >= 11 is 0. The van der Waals surface area contributed by atoms with Crippen LogP contribution in [0, 0.1) is 0 Å². The summed E-state index contributed by atoms with van der Waals surface area (Å²) in [6.07, 6.45) is 7.99. The zero-order valence-electron chi connectivity index (χ0n) is 9.71. The van der Waals surface area contributed by atoms with Crippen LogP contribution >= 0.6 is 0 Å². The Bertz CT molecular complexity index is 379. The van der Waals surface area contributed by atoms with Crippen LogP contribution in [0.3, 0.4) is 0 Å². The molecule has 0 unspecified atom stereocenters. The quantitative estimate of drug-likeness (QED) is 0.790. The standard InChI is InChI=1S/C13H17NO3/c15-9-8-14(11-3-1-4-11)13(16)7-6-12-5-2-10-17-12/h2,5-7,10-11,15H,1,3-4,8-9H2/b7-6+. The lowest BCUT2D eigenvalue weighted by atomic mass is 9.91. The van der Waals surface area contributed by atoms with E-state index in [0.717, 1.165) is 12.8 Å². The highest BCUT2D eigenvalue weighted by Gasteiger charge is 2.26. The minimum absolute atomic E-state index is 0.0107. The molecule has 1 fully saturated rings. The van der Waals surface area contributed by atoms with Crippen molar-refractivity contribution in [2.45, 2.75) is 25.3 Å². The first-order chi connectivity index (χ1) is 8.31. The third-order valence-corrected chi connectivity index (χ3v) is 3.07. The highest BCUT2D eigenvalue weighted by Crippen LogP contribution is 2.24. The van der Waals surface area contributed by atoms with Crippen molar-refractivity contribution in [3.05, 3.63) is 30.2 Å². The van der Waals surface area contributed by atoms with Gasteiger partial charge in [-0.25, -0.2) is 0 Å². The number of rotatable bonds is 5. The van der Waals surface area contributed by atoms with Gasteiger partial charge >= 0.3 is 0 Å². The molecule has 0 aliphatic heterocycles. The van der Waals surface area contributed by atoms with Gasteiger partial charge in [0.25, 0.3) is 0 Å². The van der Waals surface area contributed by atoms with Crippen molar-refractivity contribution in [2.24, 2.45) is 0 Å². The van der Waals surface area contributed by atoms with Gasteiger partial charge in [0.2, 0.25) is 5.91 Å². The van der Waals surface area contributed by atoms with Gasteiger partial charge in [0, 0.05) is 18.7 Å². The SMILES string of the molecule is O=C(/C=C/c1ccco1)N(CCO)C1CCC1. The van der Waals surface area contributed by atoms with Gasteiger partial charge in [0.1, 0.15) is 5.76 Å². The summed E-state index contributed by atoms with van der Waals surface area (Å²) in [7, 11) is 0. The number of aliphatic hydroxyl groups excluding tert-OH is 1. The van der Waals surface area contributed by atoms with E-state index in [4.69, 9.17) is 9.52 Å². The molecule has 4 heteroatoms. The molecule has 0 saturated heterocycles. The summed E-state index contributed by atoms with van der Waals surface area (Å²) in [4.78, 5) is 13.7. The van der Waals surface area contributed by atoms with Crippen LogP contribution in [0.4, 0.5) is 0 Å². The van der Waals surface area contributed by atoms with Crippen molar-refractivity contribution in [1.29, 1.82) is 0 Å². The number of furan rings is 1. The van der Waals surface area contributed by atoms with E-state index in [1.165, 1.54) is 12.5 Å². The first-order valence-electron chi connectivity index (χ1n) is 5.94. The molecule has 0 spiro atoms. The van der Waals surface area contributed by atoms with Crippen LogP contribution in [0.1, 0.15) is 25.0 Å². The molecule has 1 aromatic heterocycles. The Labute approximate surface area is 101 Å². The normalized spacial score (nSPS) is 16.1. The molecule has 4 nitrogen and oxygen atoms in total. The molecule has 1 N–H and O–H groups in total. The lowest BCUT2D eigenvalue weighted by Crippen LogP contribution is -2.44. The Morgan fingerprint density at radius 1 is 1.59 bits per heavy atom. The van der Waals surface area contributed by atoms with E-state index < -0.39 is 0 Å². The van der Waals surface area contributed by atoms with Gasteiger partial charge in [0.15, 0.2) is 0 Å². The maximum Gasteiger partial charge on any atom is 0.247 e. The minimum Gasteiger partial charge on any atom is -0.465 e. The van der Waals surface area contributed by atoms with Gasteiger partial charge in [-0.05, 0) is 37.5 Å². The Morgan fingerprint density at radius 3 is 2.94 bits per heavy atom. The summed E-state index contributed by atoms with van der Waals surface area (Å²) in [5.74, 6) is 0.607. The van der Waals surface area contributed by atoms with E-state index in [0.29, 0.717) is 18.3 Å². The zero-order chi connectivity index (χ0) is 12.1. The lowest BCUT2D eigenvalue weighted by Gasteiger charge is -2.36. The van der Waals surface area contributed by atoms with Crippen LogP contribution in [0.5, 0.6) is 0 Å². The summed E-state index contributed by atoms with van der Waals surface area (Å²) < 4.78 is 5.12. The first-order valence-corrected chi connectivity index (χ1v) is 5.94. The van der Waals surface area contributed by atoms with Crippen LogP contribution in [-0.4, -0.2) is 35.1 Å². The van der Waals surface area contributed by atoms with Crippen molar-refractivity contribution in [3.8, 4) is 0 Å². The molecule has 1 heterocycles. The van der Waals surface area contributed by atoms with Crippen LogP contribution < -0.4 is 0 Å². The average Bonchev–Trinajstić information content (AvgIpc) is 2.75. The van der Waals surface area contributed by atoms with Crippen molar-refractivity contribution in [2.75, 3.05) is 13.2 Å². The predicted molar refractivity (Wildman–Crippen MR) is 64.2 cm³/mol. The van der Waals surface area contributed by atoms with Gasteiger partial charge in [-0.3, -0.25) is 4.79 Å². The molecule has 2 rings (SSSR count). The minimum atomic E-state index is -0.0554. The molecule has 0 aromatic carbocycles. The molecule has 92 valence electrons. The van der Waals surface area contributed by atoms with Crippen molar-refractivity contribution >= 4 is 12.0 Å². The zero-order valence-corrected chi connectivity index (χ0v) is 9.71. The van der Waals surface area contributed by atoms with Crippen molar-refractivity contribution in [3.63, 3.8) is 0 Å². The summed E-state index contributed by atoms with van der Waals surface area (Å²) in [6, 6.07) is 3.88. The molecule has 1 aliphatic carbocycles. The molecular weight excluding hydrogens is 218 g/mol. The Morgan fingerprint density at radius 2 is 2.41 bits per heavy atom. The van der Waals surface area contributed by atoms with E-state index in [9.17, 15) is 4.79 Å². The summed E-state index contributed by atoms with van der Waals surface area (Å²) in [5, 5.41) is 8.97. The Hall–Kier alpha value is -1.55. The fraction of sp³-hybridized carbons (Fsp3) is 0.462. The Kier molecular flexibility index (Phi) is 3.98. The van der Waals surface area contributed by atoms with Gasteiger partial charge in [0.05, 0.1) is 12.9 Å². The van der Waals surface area contributed by atoms with E-state index in [2.05, 4.69) is 0 Å². The van der Waals surface area contributed by atoms with Crippen LogP contribution in [-0.2, 0) is 4.79 Å². The third kappa shape index (κ3) is 2.97. The van der Waals surface area contributed by atoms with E-state index in [1.807, 2.05) is 0 Å². The predicted octanol–water partition coefficient (Wildman–Crippen LogP) is 1.67. The summed E-state index contributed by atoms with van der Waals surface area (Å²) in [5.41, 5.74) is 0. The van der Waals surface area contributed by atoms with Gasteiger partial charge in [-0.2, -0.15) is 0 Å². The molecule has 1 aliphatic rings. The van der Waals surface area contributed by atoms with Crippen LogP contribution in [0.25, 0.3) is 6.08 Å². The third-order valence-electron chi connectivity index (χ3n) is 3.07. The number of nitrogens with zero attached hydrogens (tertiary/aromatic N) is 1. The number of hydrogen-bond acceptors (Lipinski definition) is 3. The van der Waals surface area contributed by atoms with E-state index in [1.54, 1.807) is 29.4 Å². The second-order valence-corrected chi connectivity index (χ2v) is 4.19. The monoisotopic (exact) mass is 235 g/mol. The molecule has 1 aromatic rings. The number of carbonyl (C=O) groups excluding carboxylic acids is 1. The molecular formula is C13H17NO3. The number of aliphatic hydroxyl groups is 1. The maximum atomic E-state index is 11.9. The van der Waals surface area contributed by atoms with Crippen LogP contribution in [0.2, 0.25) is 0 Å². The fourth-order valence-corrected chi connectivity index (χ4v) is 1.91.